The number of methoxy groups -OCH3 is 3. The predicted octanol–water partition coefficient (Wildman–Crippen LogP) is 1.47. The summed E-state index contributed by atoms with van der Waals surface area (Å²) < 4.78 is 52.6. The van der Waals surface area contributed by atoms with Gasteiger partial charge in [0, 0.05) is 5.56 Å². The lowest BCUT2D eigenvalue weighted by molar-refractivity contribution is -0.139. The zero-order chi connectivity index (χ0) is 14.6. The number of esters is 1. The molecule has 0 fully saturated rings. The second-order valence-corrected chi connectivity index (χ2v) is 3.73. The van der Waals surface area contributed by atoms with E-state index >= 15 is 0 Å². The Labute approximate surface area is 108 Å². The summed E-state index contributed by atoms with van der Waals surface area (Å²) >= 11 is 0. The molecular weight excluding hydrogens is 264 g/mol. The van der Waals surface area contributed by atoms with Crippen molar-refractivity contribution in [3.63, 3.8) is 0 Å². The van der Waals surface area contributed by atoms with Crippen molar-refractivity contribution in [2.45, 2.75) is 6.42 Å². The van der Waals surface area contributed by atoms with Crippen LogP contribution in [-0.2, 0) is 16.0 Å². The van der Waals surface area contributed by atoms with Crippen molar-refractivity contribution in [2.24, 2.45) is 0 Å². The Balaban J connectivity index is 3.31. The number of carbonyl (C=O) groups is 1. The molecule has 0 saturated heterocycles. The second kappa shape index (κ2) is 5.86. The lowest BCUT2D eigenvalue weighted by atomic mass is 9.78. The van der Waals surface area contributed by atoms with E-state index in [0.717, 1.165) is 19.2 Å². The largest absolute Gasteiger partial charge is 0.513 e. The zero-order valence-corrected chi connectivity index (χ0v) is 10.7. The Bertz CT molecular complexity index is 474. The van der Waals surface area contributed by atoms with Crippen LogP contribution < -0.4 is 14.9 Å². The van der Waals surface area contributed by atoms with Gasteiger partial charge in [0.1, 0.15) is 5.75 Å². The first-order valence-electron chi connectivity index (χ1n) is 5.35. The first-order valence-corrected chi connectivity index (χ1v) is 5.35. The minimum absolute atomic E-state index is 0.0274. The molecule has 1 rings (SSSR count). The summed E-state index contributed by atoms with van der Waals surface area (Å²) in [5, 5.41) is 0. The van der Waals surface area contributed by atoms with E-state index in [0.29, 0.717) is 0 Å². The van der Waals surface area contributed by atoms with Crippen molar-refractivity contribution < 1.29 is 32.0 Å². The topological polar surface area (TPSA) is 44.8 Å². The zero-order valence-electron chi connectivity index (χ0n) is 10.7. The predicted molar refractivity (Wildman–Crippen MR) is 64.0 cm³/mol. The van der Waals surface area contributed by atoms with E-state index in [9.17, 15) is 17.7 Å². The highest BCUT2D eigenvalue weighted by molar-refractivity contribution is 6.74. The molecule has 0 bridgehead atoms. The van der Waals surface area contributed by atoms with Gasteiger partial charge >= 0.3 is 12.9 Å². The number of rotatable bonds is 5. The summed E-state index contributed by atoms with van der Waals surface area (Å²) in [5.74, 6) is -0.946. The number of hydrogen-bond acceptors (Lipinski definition) is 4. The number of carbonyl (C=O) groups excluding carboxylic acids is 1. The van der Waals surface area contributed by atoms with Crippen molar-refractivity contribution in [2.75, 3.05) is 21.3 Å². The van der Waals surface area contributed by atoms with E-state index in [-0.39, 0.29) is 23.5 Å². The second-order valence-electron chi connectivity index (χ2n) is 3.73. The average molecular weight is 277 g/mol. The highest BCUT2D eigenvalue weighted by Crippen LogP contribution is 2.27. The molecule has 0 radical (unpaired) electrons. The van der Waals surface area contributed by atoms with Gasteiger partial charge < -0.3 is 27.2 Å². The van der Waals surface area contributed by atoms with Gasteiger partial charge in [-0.3, -0.25) is 4.79 Å². The maximum atomic E-state index is 12.8. The normalized spacial score (nSPS) is 11.1. The van der Waals surface area contributed by atoms with Gasteiger partial charge in [-0.25, -0.2) is 0 Å². The third kappa shape index (κ3) is 3.55. The molecule has 0 N–H and O–H groups in total. The molecule has 0 saturated carbocycles. The molecule has 0 heterocycles. The first-order chi connectivity index (χ1) is 8.83. The summed E-state index contributed by atoms with van der Waals surface area (Å²) in [6.07, 6.45) is -0.193. The van der Waals surface area contributed by atoms with Gasteiger partial charge in [-0.1, -0.05) is 5.46 Å². The minimum atomic E-state index is -5.23. The molecular formula is C11H13BF3O4-. The van der Waals surface area contributed by atoms with Crippen LogP contribution in [0.1, 0.15) is 5.56 Å². The van der Waals surface area contributed by atoms with Crippen molar-refractivity contribution in [1.82, 2.24) is 0 Å². The summed E-state index contributed by atoms with van der Waals surface area (Å²) in [4.78, 5) is 11.2. The first kappa shape index (κ1) is 15.2. The molecule has 0 atom stereocenters. The van der Waals surface area contributed by atoms with Crippen LogP contribution >= 0.6 is 0 Å². The van der Waals surface area contributed by atoms with E-state index < -0.39 is 18.4 Å². The van der Waals surface area contributed by atoms with Crippen LogP contribution in [0.2, 0.25) is 0 Å². The molecule has 8 heteroatoms. The van der Waals surface area contributed by atoms with Crippen LogP contribution in [0.4, 0.5) is 12.9 Å². The Hall–Kier alpha value is -1.86. The van der Waals surface area contributed by atoms with Crippen LogP contribution in [0.25, 0.3) is 0 Å². The molecule has 0 aliphatic rings. The number of benzene rings is 1. The van der Waals surface area contributed by atoms with Gasteiger partial charge in [-0.2, -0.15) is 0 Å². The molecule has 0 spiro atoms. The number of hydrogen-bond donors (Lipinski definition) is 0. The molecule has 0 aliphatic carbocycles. The highest BCUT2D eigenvalue weighted by atomic mass is 19.4. The third-order valence-corrected chi connectivity index (χ3v) is 2.55. The van der Waals surface area contributed by atoms with E-state index in [2.05, 4.69) is 4.74 Å². The van der Waals surface area contributed by atoms with E-state index in [1.54, 1.807) is 0 Å². The molecule has 1 aromatic carbocycles. The highest BCUT2D eigenvalue weighted by Gasteiger charge is 2.30. The van der Waals surface area contributed by atoms with Crippen molar-refractivity contribution in [1.29, 1.82) is 0 Å². The van der Waals surface area contributed by atoms with Crippen molar-refractivity contribution in [3.05, 3.63) is 17.7 Å². The average Bonchev–Trinajstić information content (AvgIpc) is 2.36. The standard InChI is InChI=1S/C11H13BF3O4/c1-17-9-6-8(12(13,14)15)10(18-2)4-7(9)5-11(16)19-3/h4,6H,5H2,1-3H3/q-1. The molecule has 106 valence electrons. The van der Waals surface area contributed by atoms with Gasteiger partial charge in [-0.05, 0) is 12.1 Å². The van der Waals surface area contributed by atoms with Gasteiger partial charge in [0.05, 0.1) is 33.5 Å². The van der Waals surface area contributed by atoms with Crippen LogP contribution in [-0.4, -0.2) is 34.3 Å². The summed E-state index contributed by atoms with van der Waals surface area (Å²) in [5.41, 5.74) is -0.622. The smallest absolute Gasteiger partial charge is 0.500 e. The van der Waals surface area contributed by atoms with Crippen LogP contribution in [0.3, 0.4) is 0 Å². The van der Waals surface area contributed by atoms with Crippen LogP contribution in [0.15, 0.2) is 12.1 Å². The van der Waals surface area contributed by atoms with Gasteiger partial charge in [0.25, 0.3) is 0 Å². The van der Waals surface area contributed by atoms with E-state index in [1.165, 1.54) is 14.2 Å². The van der Waals surface area contributed by atoms with Crippen molar-refractivity contribution >= 4 is 18.4 Å². The van der Waals surface area contributed by atoms with Crippen LogP contribution in [0.5, 0.6) is 11.5 Å². The van der Waals surface area contributed by atoms with Crippen LogP contribution in [0, 0.1) is 0 Å². The molecule has 4 nitrogen and oxygen atoms in total. The monoisotopic (exact) mass is 277 g/mol. The molecule has 0 amide bonds. The molecule has 19 heavy (non-hydrogen) atoms. The maximum Gasteiger partial charge on any atom is 0.513 e. The van der Waals surface area contributed by atoms with Gasteiger partial charge in [0.15, 0.2) is 0 Å². The van der Waals surface area contributed by atoms with Crippen molar-refractivity contribution in [3.8, 4) is 11.5 Å². The number of halogens is 3. The summed E-state index contributed by atoms with van der Waals surface area (Å²) in [7, 11) is 3.56. The van der Waals surface area contributed by atoms with E-state index in [4.69, 9.17) is 9.47 Å². The Morgan fingerprint density at radius 1 is 1.11 bits per heavy atom. The lowest BCUT2D eigenvalue weighted by Gasteiger charge is -2.21. The fourth-order valence-electron chi connectivity index (χ4n) is 1.61. The maximum absolute atomic E-state index is 12.8. The minimum Gasteiger partial charge on any atom is -0.500 e. The Kier molecular flexibility index (Phi) is 4.69. The lowest BCUT2D eigenvalue weighted by Crippen LogP contribution is -2.35. The molecule has 0 aromatic heterocycles. The van der Waals surface area contributed by atoms with Gasteiger partial charge in [-0.15, -0.1) is 0 Å². The summed E-state index contributed by atoms with van der Waals surface area (Å²) in [6.45, 7) is -5.23. The Morgan fingerprint density at radius 3 is 2.11 bits per heavy atom. The molecule has 0 aliphatic heterocycles. The fourth-order valence-corrected chi connectivity index (χ4v) is 1.61. The fraction of sp³-hybridized carbons (Fsp3) is 0.364. The Morgan fingerprint density at radius 2 is 1.68 bits per heavy atom. The molecule has 1 aromatic rings. The van der Waals surface area contributed by atoms with E-state index in [1.807, 2.05) is 0 Å². The quantitative estimate of drug-likeness (QED) is 0.604. The molecule has 0 unspecified atom stereocenters. The summed E-state index contributed by atoms with van der Waals surface area (Å²) in [6, 6.07) is 1.97. The number of ether oxygens (including phenoxy) is 3. The van der Waals surface area contributed by atoms with Gasteiger partial charge in [0.2, 0.25) is 0 Å². The third-order valence-electron chi connectivity index (χ3n) is 2.55. The SMILES string of the molecule is COC(=O)Cc1cc(OC)c([B-](F)(F)F)cc1OC.